The second-order valence-electron chi connectivity index (χ2n) is 3.19. The molecule has 0 unspecified atom stereocenters. The van der Waals surface area contributed by atoms with Crippen molar-refractivity contribution < 1.29 is 0 Å². The third-order valence-electron chi connectivity index (χ3n) is 2.07. The lowest BCUT2D eigenvalue weighted by atomic mass is 10.5. The lowest BCUT2D eigenvalue weighted by Crippen LogP contribution is -1.93. The number of fused-ring (bicyclic) bond motifs is 1. The molecule has 2 N–H and O–H groups in total. The van der Waals surface area contributed by atoms with Crippen LogP contribution in [0.25, 0.3) is 11.2 Å². The standard InChI is InChI=1S/C10H8N6/c1-2-4-12-8(3-1)15-10-14-7-5-11-6-13-9(7)16-10/h1-6H,(H2,11,12,13,14,15,16). The van der Waals surface area contributed by atoms with Crippen LogP contribution in [0.1, 0.15) is 0 Å². The van der Waals surface area contributed by atoms with Crippen molar-refractivity contribution in [2.45, 2.75) is 0 Å². The topological polar surface area (TPSA) is 79.4 Å². The molecule has 0 saturated heterocycles. The molecule has 0 amide bonds. The molecule has 3 aromatic heterocycles. The second-order valence-corrected chi connectivity index (χ2v) is 3.19. The molecule has 0 radical (unpaired) electrons. The fourth-order valence-electron chi connectivity index (χ4n) is 1.38. The van der Waals surface area contributed by atoms with Crippen LogP contribution in [0, 0.1) is 0 Å². The predicted molar refractivity (Wildman–Crippen MR) is 59.2 cm³/mol. The molecule has 0 aromatic carbocycles. The van der Waals surface area contributed by atoms with E-state index in [2.05, 4.69) is 30.2 Å². The molecular formula is C10H8N6. The van der Waals surface area contributed by atoms with Gasteiger partial charge in [0, 0.05) is 6.20 Å². The number of aromatic amines is 1. The summed E-state index contributed by atoms with van der Waals surface area (Å²) in [6.07, 6.45) is 4.86. The minimum absolute atomic E-state index is 0.606. The van der Waals surface area contributed by atoms with Crippen molar-refractivity contribution in [3.63, 3.8) is 0 Å². The first-order valence-corrected chi connectivity index (χ1v) is 4.75. The van der Waals surface area contributed by atoms with Crippen LogP contribution >= 0.6 is 0 Å². The van der Waals surface area contributed by atoms with Gasteiger partial charge in [-0.05, 0) is 12.1 Å². The second kappa shape index (κ2) is 3.58. The van der Waals surface area contributed by atoms with Crippen molar-refractivity contribution in [3.8, 4) is 0 Å². The first-order chi connectivity index (χ1) is 7.92. The Labute approximate surface area is 90.8 Å². The molecular weight excluding hydrogens is 204 g/mol. The van der Waals surface area contributed by atoms with E-state index in [0.29, 0.717) is 11.6 Å². The Morgan fingerprint density at radius 3 is 3.00 bits per heavy atom. The monoisotopic (exact) mass is 212 g/mol. The van der Waals surface area contributed by atoms with Gasteiger partial charge in [0.15, 0.2) is 5.65 Å². The van der Waals surface area contributed by atoms with Crippen LogP contribution in [0.5, 0.6) is 0 Å². The molecule has 16 heavy (non-hydrogen) atoms. The average Bonchev–Trinajstić information content (AvgIpc) is 2.72. The maximum Gasteiger partial charge on any atom is 0.208 e. The van der Waals surface area contributed by atoms with Gasteiger partial charge in [0.25, 0.3) is 0 Å². The van der Waals surface area contributed by atoms with Crippen molar-refractivity contribution in [1.82, 2.24) is 24.9 Å². The SMILES string of the molecule is c1ccc(Nc2nc3ncncc3[nH]2)nc1. The summed E-state index contributed by atoms with van der Waals surface area (Å²) in [4.78, 5) is 19.4. The number of hydrogen-bond donors (Lipinski definition) is 2. The van der Waals surface area contributed by atoms with Crippen LogP contribution in [0.15, 0.2) is 36.9 Å². The fourth-order valence-corrected chi connectivity index (χ4v) is 1.38. The number of nitrogens with zero attached hydrogens (tertiary/aromatic N) is 4. The number of hydrogen-bond acceptors (Lipinski definition) is 5. The maximum atomic E-state index is 4.25. The van der Waals surface area contributed by atoms with Gasteiger partial charge in [0.2, 0.25) is 5.95 Å². The van der Waals surface area contributed by atoms with Crippen molar-refractivity contribution in [1.29, 1.82) is 0 Å². The molecule has 3 aromatic rings. The Balaban J connectivity index is 1.95. The summed E-state index contributed by atoms with van der Waals surface area (Å²) in [5.41, 5.74) is 1.43. The smallest absolute Gasteiger partial charge is 0.208 e. The molecule has 0 spiro atoms. The van der Waals surface area contributed by atoms with E-state index in [1.54, 1.807) is 12.4 Å². The molecule has 3 rings (SSSR count). The first kappa shape index (κ1) is 8.78. The number of nitrogens with one attached hydrogen (secondary N) is 2. The third-order valence-corrected chi connectivity index (χ3v) is 2.07. The molecule has 6 nitrogen and oxygen atoms in total. The van der Waals surface area contributed by atoms with Crippen LogP contribution < -0.4 is 5.32 Å². The number of rotatable bonds is 2. The van der Waals surface area contributed by atoms with E-state index in [0.717, 1.165) is 11.3 Å². The Morgan fingerprint density at radius 1 is 1.19 bits per heavy atom. The number of pyridine rings is 1. The van der Waals surface area contributed by atoms with Crippen molar-refractivity contribution in [3.05, 3.63) is 36.9 Å². The van der Waals surface area contributed by atoms with Crippen LogP contribution in [0.2, 0.25) is 0 Å². The third kappa shape index (κ3) is 1.56. The summed E-state index contributed by atoms with van der Waals surface area (Å²) in [6, 6.07) is 5.62. The zero-order valence-electron chi connectivity index (χ0n) is 8.25. The van der Waals surface area contributed by atoms with Gasteiger partial charge < -0.3 is 10.3 Å². The molecule has 3 heterocycles. The summed E-state index contributed by atoms with van der Waals surface area (Å²) in [5.74, 6) is 1.34. The highest BCUT2D eigenvalue weighted by atomic mass is 15.2. The van der Waals surface area contributed by atoms with E-state index < -0.39 is 0 Å². The van der Waals surface area contributed by atoms with Gasteiger partial charge in [-0.3, -0.25) is 0 Å². The van der Waals surface area contributed by atoms with E-state index >= 15 is 0 Å². The van der Waals surface area contributed by atoms with Gasteiger partial charge in [0.05, 0.1) is 6.20 Å². The van der Waals surface area contributed by atoms with Gasteiger partial charge in [-0.2, -0.15) is 4.98 Å². The highest BCUT2D eigenvalue weighted by Crippen LogP contribution is 2.13. The van der Waals surface area contributed by atoms with E-state index in [1.807, 2.05) is 18.2 Å². The molecule has 0 bridgehead atoms. The van der Waals surface area contributed by atoms with Gasteiger partial charge >= 0.3 is 0 Å². The molecule has 78 valence electrons. The highest BCUT2D eigenvalue weighted by Gasteiger charge is 2.03. The molecule has 0 saturated carbocycles. The summed E-state index contributed by atoms with van der Waals surface area (Å²) in [7, 11) is 0. The van der Waals surface area contributed by atoms with E-state index in [4.69, 9.17) is 0 Å². The Bertz CT molecular complexity index is 570. The zero-order chi connectivity index (χ0) is 10.8. The zero-order valence-corrected chi connectivity index (χ0v) is 8.25. The van der Waals surface area contributed by atoms with Crippen molar-refractivity contribution in [2.24, 2.45) is 0 Å². The quantitative estimate of drug-likeness (QED) is 0.672. The number of H-pyrrole nitrogens is 1. The lowest BCUT2D eigenvalue weighted by molar-refractivity contribution is 1.20. The summed E-state index contributed by atoms with van der Waals surface area (Å²) >= 11 is 0. The largest absolute Gasteiger partial charge is 0.321 e. The normalized spacial score (nSPS) is 10.5. The van der Waals surface area contributed by atoms with Gasteiger partial charge in [-0.15, -0.1) is 0 Å². The number of imidazole rings is 1. The minimum atomic E-state index is 0.606. The van der Waals surface area contributed by atoms with Gasteiger partial charge in [-0.25, -0.2) is 15.0 Å². The van der Waals surface area contributed by atoms with Gasteiger partial charge in [-0.1, -0.05) is 6.07 Å². The predicted octanol–water partition coefficient (Wildman–Crippen LogP) is 1.49. The van der Waals surface area contributed by atoms with E-state index in [9.17, 15) is 0 Å². The van der Waals surface area contributed by atoms with Crippen LogP contribution in [0.4, 0.5) is 11.8 Å². The first-order valence-electron chi connectivity index (χ1n) is 4.75. The Morgan fingerprint density at radius 2 is 2.19 bits per heavy atom. The van der Waals surface area contributed by atoms with E-state index in [-0.39, 0.29) is 0 Å². The molecule has 0 fully saturated rings. The van der Waals surface area contributed by atoms with Crippen LogP contribution in [-0.2, 0) is 0 Å². The molecule has 0 aliphatic heterocycles. The van der Waals surface area contributed by atoms with Crippen molar-refractivity contribution >= 4 is 22.9 Å². The molecule has 0 aliphatic rings. The molecule has 0 aliphatic carbocycles. The van der Waals surface area contributed by atoms with Crippen LogP contribution in [0.3, 0.4) is 0 Å². The van der Waals surface area contributed by atoms with Crippen molar-refractivity contribution in [2.75, 3.05) is 5.32 Å². The van der Waals surface area contributed by atoms with Gasteiger partial charge in [0.1, 0.15) is 17.7 Å². The van der Waals surface area contributed by atoms with E-state index in [1.165, 1.54) is 6.33 Å². The summed E-state index contributed by atoms with van der Waals surface area (Å²) in [5, 5.41) is 3.05. The minimum Gasteiger partial charge on any atom is -0.321 e. The summed E-state index contributed by atoms with van der Waals surface area (Å²) < 4.78 is 0. The van der Waals surface area contributed by atoms with Crippen LogP contribution in [-0.4, -0.2) is 24.9 Å². The summed E-state index contributed by atoms with van der Waals surface area (Å²) in [6.45, 7) is 0. The average molecular weight is 212 g/mol. The lowest BCUT2D eigenvalue weighted by Gasteiger charge is -1.98. The Kier molecular flexibility index (Phi) is 1.96. The molecule has 0 atom stereocenters. The Hall–Kier alpha value is -2.50. The highest BCUT2D eigenvalue weighted by molar-refractivity contribution is 5.72. The number of aromatic nitrogens is 5. The molecule has 6 heteroatoms. The fraction of sp³-hybridized carbons (Fsp3) is 0. The maximum absolute atomic E-state index is 4.25. The number of anilines is 2.